The van der Waals surface area contributed by atoms with Crippen LogP contribution < -0.4 is 5.32 Å². The zero-order chi connectivity index (χ0) is 23.0. The minimum Gasteiger partial charge on any atom is -0.355 e. The fourth-order valence-corrected chi connectivity index (χ4v) is 3.43. The Bertz CT molecular complexity index is 1280. The molecule has 3 heterocycles. The molecule has 0 unspecified atom stereocenters. The van der Waals surface area contributed by atoms with Crippen LogP contribution in [-0.4, -0.2) is 32.9 Å². The van der Waals surface area contributed by atoms with Gasteiger partial charge in [-0.1, -0.05) is 22.8 Å². The Labute approximate surface area is 182 Å². The zero-order valence-electron chi connectivity index (χ0n) is 16.1. The maximum absolute atomic E-state index is 14.5. The molecule has 164 valence electrons. The molecule has 4 rings (SSSR count). The first-order valence-corrected chi connectivity index (χ1v) is 9.34. The molecule has 0 saturated carbocycles. The van der Waals surface area contributed by atoms with Crippen molar-refractivity contribution in [2.24, 2.45) is 0 Å². The Kier molecular flexibility index (Phi) is 5.43. The van der Waals surface area contributed by atoms with Crippen LogP contribution in [0.3, 0.4) is 0 Å². The number of hydrogen-bond donors (Lipinski definition) is 1. The largest absolute Gasteiger partial charge is 0.434 e. The van der Waals surface area contributed by atoms with Crippen molar-refractivity contribution in [3.63, 3.8) is 0 Å². The third-order valence-electron chi connectivity index (χ3n) is 4.54. The van der Waals surface area contributed by atoms with Gasteiger partial charge in [-0.25, -0.2) is 9.07 Å². The molecule has 0 spiro atoms. The van der Waals surface area contributed by atoms with Crippen LogP contribution in [0.4, 0.5) is 17.6 Å². The summed E-state index contributed by atoms with van der Waals surface area (Å²) in [5.74, 6) is -2.21. The lowest BCUT2D eigenvalue weighted by molar-refractivity contribution is -0.142. The van der Waals surface area contributed by atoms with Gasteiger partial charge in [0.1, 0.15) is 17.1 Å². The van der Waals surface area contributed by atoms with Crippen molar-refractivity contribution in [3.8, 4) is 28.3 Å². The van der Waals surface area contributed by atoms with E-state index in [2.05, 4.69) is 20.6 Å². The van der Waals surface area contributed by atoms with Crippen molar-refractivity contribution < 1.29 is 26.9 Å². The summed E-state index contributed by atoms with van der Waals surface area (Å²) in [6.07, 6.45) is -1.39. The molecule has 32 heavy (non-hydrogen) atoms. The van der Waals surface area contributed by atoms with Gasteiger partial charge < -0.3 is 9.84 Å². The second-order valence-electron chi connectivity index (χ2n) is 6.43. The topological polar surface area (TPSA) is 85.8 Å². The average Bonchev–Trinajstić information content (AvgIpc) is 3.38. The number of nitrogens with zero attached hydrogens (tertiary/aromatic N) is 4. The average molecular weight is 466 g/mol. The minimum absolute atomic E-state index is 0.0805. The molecule has 0 bridgehead atoms. The Morgan fingerprint density at radius 3 is 2.53 bits per heavy atom. The predicted octanol–water partition coefficient (Wildman–Crippen LogP) is 4.76. The minimum atomic E-state index is -4.89. The molecular formula is C20H12ClF4N5O2. The molecule has 4 aromatic rings. The van der Waals surface area contributed by atoms with Gasteiger partial charge >= 0.3 is 6.18 Å². The Hall–Kier alpha value is -3.73. The summed E-state index contributed by atoms with van der Waals surface area (Å²) in [6, 6.07) is 6.42. The van der Waals surface area contributed by atoms with Gasteiger partial charge in [0.15, 0.2) is 11.5 Å². The van der Waals surface area contributed by atoms with E-state index in [0.29, 0.717) is 4.68 Å². The number of rotatable bonds is 4. The summed E-state index contributed by atoms with van der Waals surface area (Å²) in [6.45, 7) is 0. The summed E-state index contributed by atoms with van der Waals surface area (Å²) in [5, 5.41) is 9.71. The molecule has 0 fully saturated rings. The molecule has 1 N–H and O–H groups in total. The van der Waals surface area contributed by atoms with Gasteiger partial charge in [-0.05, 0) is 24.3 Å². The summed E-state index contributed by atoms with van der Waals surface area (Å²) in [4.78, 5) is 16.4. The lowest BCUT2D eigenvalue weighted by Gasteiger charge is -2.12. The monoisotopic (exact) mass is 465 g/mol. The van der Waals surface area contributed by atoms with Gasteiger partial charge in [0, 0.05) is 19.4 Å². The second-order valence-corrected chi connectivity index (χ2v) is 6.84. The first-order valence-electron chi connectivity index (χ1n) is 8.96. The molecule has 7 nitrogen and oxygen atoms in total. The predicted molar refractivity (Wildman–Crippen MR) is 106 cm³/mol. The summed E-state index contributed by atoms with van der Waals surface area (Å²) in [5.41, 5.74) is -2.73. The van der Waals surface area contributed by atoms with Crippen molar-refractivity contribution in [2.75, 3.05) is 7.05 Å². The number of nitrogens with one attached hydrogen (secondary N) is 1. The highest BCUT2D eigenvalue weighted by atomic mass is 35.5. The van der Waals surface area contributed by atoms with Crippen molar-refractivity contribution in [2.45, 2.75) is 6.18 Å². The van der Waals surface area contributed by atoms with Gasteiger partial charge in [0.25, 0.3) is 5.91 Å². The van der Waals surface area contributed by atoms with E-state index < -0.39 is 40.5 Å². The fraction of sp³-hybridized carbons (Fsp3) is 0.100. The van der Waals surface area contributed by atoms with Crippen LogP contribution in [0.1, 0.15) is 16.1 Å². The highest BCUT2D eigenvalue weighted by Crippen LogP contribution is 2.42. The van der Waals surface area contributed by atoms with Gasteiger partial charge in [-0.15, -0.1) is 0 Å². The number of benzene rings is 1. The number of carbonyl (C=O) groups excluding carboxylic acids is 1. The smallest absolute Gasteiger partial charge is 0.355 e. The number of halogens is 5. The van der Waals surface area contributed by atoms with E-state index in [-0.39, 0.29) is 22.0 Å². The van der Waals surface area contributed by atoms with E-state index in [9.17, 15) is 22.4 Å². The fourth-order valence-electron chi connectivity index (χ4n) is 3.17. The molecule has 0 radical (unpaired) electrons. The molecule has 12 heteroatoms. The van der Waals surface area contributed by atoms with Crippen LogP contribution >= 0.6 is 11.6 Å². The molecule has 3 aromatic heterocycles. The van der Waals surface area contributed by atoms with Gasteiger partial charge in [0.2, 0.25) is 0 Å². The van der Waals surface area contributed by atoms with Crippen molar-refractivity contribution in [3.05, 3.63) is 71.0 Å². The standard InChI is InChI=1S/C20H12ClF4N5O2/c1-26-19(31)15-16(14-12(21)3-2-4-13(14)22)29-32-17(15)11-9-28-30(18(11)20(23,24)25)10-5-7-27-8-6-10/h2-9H,1H3,(H,26,31). The van der Waals surface area contributed by atoms with Crippen molar-refractivity contribution in [1.82, 2.24) is 25.2 Å². The Morgan fingerprint density at radius 2 is 1.91 bits per heavy atom. The summed E-state index contributed by atoms with van der Waals surface area (Å²) >= 11 is 6.07. The number of carbonyl (C=O) groups is 1. The van der Waals surface area contributed by atoms with Crippen LogP contribution in [0.25, 0.3) is 28.3 Å². The van der Waals surface area contributed by atoms with Crippen LogP contribution in [-0.2, 0) is 6.18 Å². The summed E-state index contributed by atoms with van der Waals surface area (Å²) < 4.78 is 62.5. The molecule has 1 amide bonds. The van der Waals surface area contributed by atoms with Gasteiger partial charge in [-0.2, -0.15) is 18.3 Å². The molecule has 0 atom stereocenters. The molecule has 0 aliphatic heterocycles. The van der Waals surface area contributed by atoms with Crippen LogP contribution in [0.5, 0.6) is 0 Å². The molecular weight excluding hydrogens is 454 g/mol. The molecule has 0 saturated heterocycles. The lowest BCUT2D eigenvalue weighted by Crippen LogP contribution is -2.20. The maximum Gasteiger partial charge on any atom is 0.434 e. The van der Waals surface area contributed by atoms with E-state index in [4.69, 9.17) is 16.1 Å². The van der Waals surface area contributed by atoms with E-state index in [1.807, 2.05) is 0 Å². The number of alkyl halides is 3. The second kappa shape index (κ2) is 8.08. The van der Waals surface area contributed by atoms with E-state index in [0.717, 1.165) is 12.3 Å². The highest BCUT2D eigenvalue weighted by Gasteiger charge is 2.42. The normalized spacial score (nSPS) is 11.6. The number of hydrogen-bond acceptors (Lipinski definition) is 5. The molecule has 0 aliphatic rings. The van der Waals surface area contributed by atoms with Crippen LogP contribution in [0, 0.1) is 5.82 Å². The Morgan fingerprint density at radius 1 is 1.19 bits per heavy atom. The quantitative estimate of drug-likeness (QED) is 0.439. The number of amides is 1. The SMILES string of the molecule is CNC(=O)c1c(-c2c(F)cccc2Cl)noc1-c1cnn(-c2ccncc2)c1C(F)(F)F. The number of aromatic nitrogens is 4. The van der Waals surface area contributed by atoms with Crippen LogP contribution in [0.15, 0.2) is 53.4 Å². The zero-order valence-corrected chi connectivity index (χ0v) is 16.9. The first-order chi connectivity index (χ1) is 15.2. The lowest BCUT2D eigenvalue weighted by atomic mass is 10.0. The van der Waals surface area contributed by atoms with Crippen molar-refractivity contribution >= 4 is 17.5 Å². The van der Waals surface area contributed by atoms with Crippen molar-refractivity contribution in [1.29, 1.82) is 0 Å². The van der Waals surface area contributed by atoms with Gasteiger partial charge in [0.05, 0.1) is 28.0 Å². The summed E-state index contributed by atoms with van der Waals surface area (Å²) in [7, 11) is 1.26. The van der Waals surface area contributed by atoms with E-state index in [1.54, 1.807) is 0 Å². The maximum atomic E-state index is 14.5. The van der Waals surface area contributed by atoms with E-state index in [1.165, 1.54) is 43.7 Å². The highest BCUT2D eigenvalue weighted by molar-refractivity contribution is 6.33. The first kappa shape index (κ1) is 21.5. The van der Waals surface area contributed by atoms with Gasteiger partial charge in [-0.3, -0.25) is 9.78 Å². The molecule has 1 aromatic carbocycles. The third kappa shape index (κ3) is 3.60. The Balaban J connectivity index is 2.01. The van der Waals surface area contributed by atoms with Crippen LogP contribution in [0.2, 0.25) is 5.02 Å². The molecule has 0 aliphatic carbocycles. The van der Waals surface area contributed by atoms with E-state index >= 15 is 0 Å². The number of pyridine rings is 1. The third-order valence-corrected chi connectivity index (χ3v) is 4.85.